The Bertz CT molecular complexity index is 5360. The van der Waals surface area contributed by atoms with E-state index in [0.717, 1.165) is 14.7 Å². The molecule has 0 aliphatic carbocycles. The van der Waals surface area contributed by atoms with E-state index < -0.39 is 192 Å². The van der Waals surface area contributed by atoms with Gasteiger partial charge in [0, 0.05) is 153 Å². The standard InChI is InChI=1S/4C24H38N2O4/c4*1-14(2)9-17-13-26-8-7-16-10-21(28-5)22(29-6)11-18(16)19(26)12-20(17)30-24(27)23(25)15(3)4/h4*10-11,14-15,17,19-20,23H,7-9,12-13,25H2,1-6H3/t4*17?,19?,20?,23-/m0000/s1/i5D3,12D2,13D2,17D,20D;5D3,12D2,13D2,17D,19D;2*12D2,13D2,17D,19D. The molecule has 12 rings (SSSR count). The summed E-state index contributed by atoms with van der Waals surface area (Å²) in [5.74, 6) is -14.6. The molecule has 0 spiro atoms. The first kappa shape index (κ1) is 62.0. The van der Waals surface area contributed by atoms with Crippen molar-refractivity contribution >= 4 is 23.9 Å². The summed E-state index contributed by atoms with van der Waals surface area (Å²) in [5, 5.41) is 0. The second kappa shape index (κ2) is 43.9. The van der Waals surface area contributed by atoms with Crippen LogP contribution in [0.2, 0.25) is 0 Å². The number of carbonyl (C=O) groups is 4. The van der Waals surface area contributed by atoms with Crippen LogP contribution in [0.1, 0.15) is 272 Å². The van der Waals surface area contributed by atoms with Crippen molar-refractivity contribution in [1.82, 2.24) is 19.6 Å². The summed E-state index contributed by atoms with van der Waals surface area (Å²) in [6.45, 7) is 17.1. The molecule has 16 atom stereocenters. The molecule has 8 heterocycles. The van der Waals surface area contributed by atoms with Crippen molar-refractivity contribution in [2.24, 2.45) is 93.9 Å². The molecule has 672 valence electrons. The Morgan fingerprint density at radius 3 is 0.867 bits per heavy atom. The maximum absolute atomic E-state index is 13.1. The second-order valence-electron chi connectivity index (χ2n) is 34.1. The van der Waals surface area contributed by atoms with Crippen LogP contribution >= 0.6 is 0 Å². The lowest BCUT2D eigenvalue weighted by atomic mass is 9.79. The number of hydrogen-bond donors (Lipinski definition) is 4. The normalized spacial score (nSPS) is 37.0. The number of benzene rings is 4. The van der Waals surface area contributed by atoms with E-state index in [4.69, 9.17) is 99.0 Å². The van der Waals surface area contributed by atoms with Crippen molar-refractivity contribution in [3.63, 3.8) is 0 Å². The molecule has 4 fully saturated rings. The number of fused-ring (bicyclic) bond motifs is 12. The molecule has 0 radical (unpaired) electrons. The van der Waals surface area contributed by atoms with E-state index >= 15 is 0 Å². The number of carbonyl (C=O) groups excluding carboxylic acids is 4. The van der Waals surface area contributed by atoms with Gasteiger partial charge in [0.15, 0.2) is 46.0 Å². The fourth-order valence-electron chi connectivity index (χ4n) is 14.7. The van der Waals surface area contributed by atoms with E-state index in [1.54, 1.807) is 123 Å². The molecule has 0 saturated carbocycles. The molecule has 0 bridgehead atoms. The largest absolute Gasteiger partial charge is 0.493 e. The molecular weight excluding hydrogens is 1520 g/mol. The fourth-order valence-corrected chi connectivity index (χ4v) is 14.7. The number of nitrogens with two attached hydrogens (primary N) is 4. The van der Waals surface area contributed by atoms with Gasteiger partial charge in [-0.25, -0.2) is 0 Å². The minimum absolute atomic E-state index is 0.00169. The van der Waals surface area contributed by atoms with Gasteiger partial charge in [0.1, 0.15) is 48.6 Å². The smallest absolute Gasteiger partial charge is 0.323 e. The molecule has 4 aromatic rings. The number of piperidine rings is 4. The zero-order valence-corrected chi connectivity index (χ0v) is 74.0. The molecule has 4 saturated heterocycles. The quantitative estimate of drug-likeness (QED) is 0.0303. The Kier molecular flexibility index (Phi) is 22.7. The van der Waals surface area contributed by atoms with Crippen LogP contribution in [0.25, 0.3) is 0 Å². The van der Waals surface area contributed by atoms with Crippen molar-refractivity contribution in [2.45, 2.75) is 260 Å². The third kappa shape index (κ3) is 23.8. The van der Waals surface area contributed by atoms with Crippen molar-refractivity contribution in [3.8, 4) is 46.0 Å². The van der Waals surface area contributed by atoms with Gasteiger partial charge < -0.3 is 79.8 Å². The predicted molar refractivity (Wildman–Crippen MR) is 471 cm³/mol. The van der Waals surface area contributed by atoms with Crippen LogP contribution in [-0.2, 0) is 63.8 Å². The highest BCUT2D eigenvalue weighted by Gasteiger charge is 2.47. The van der Waals surface area contributed by atoms with Gasteiger partial charge >= 0.3 is 23.9 Å². The fraction of sp³-hybridized carbons (Fsp3) is 0.708. The van der Waals surface area contributed by atoms with Gasteiger partial charge in [0.25, 0.3) is 0 Å². The summed E-state index contributed by atoms with van der Waals surface area (Å²) >= 11 is 0. The predicted octanol–water partition coefficient (Wildman–Crippen LogP) is 14.3. The van der Waals surface area contributed by atoms with Gasteiger partial charge in [0.2, 0.25) is 0 Å². The number of nitrogens with zero attached hydrogens (tertiary/aromatic N) is 4. The number of methoxy groups -OCH3 is 8. The lowest BCUT2D eigenvalue weighted by Crippen LogP contribution is -2.51. The van der Waals surface area contributed by atoms with E-state index in [-0.39, 0.29) is 163 Å². The van der Waals surface area contributed by atoms with Gasteiger partial charge in [-0.2, -0.15) is 0 Å². The first-order chi connectivity index (χ1) is 68.3. The first-order valence-electron chi connectivity index (χ1n) is 56.6. The summed E-state index contributed by atoms with van der Waals surface area (Å²) in [7, 11) is 2.76. The van der Waals surface area contributed by atoms with E-state index in [2.05, 4.69) is 0 Å². The Hall–Kier alpha value is -7.16. The minimum Gasteiger partial charge on any atom is -0.493 e. The Balaban J connectivity index is 0.000000222. The second-order valence-corrected chi connectivity index (χ2v) is 34.1. The Labute approximate surface area is 760 Å². The van der Waals surface area contributed by atoms with Crippen LogP contribution in [0.3, 0.4) is 0 Å². The number of hydrogen-bond acceptors (Lipinski definition) is 24. The Morgan fingerprint density at radius 2 is 0.592 bits per heavy atom. The molecule has 24 nitrogen and oxygen atoms in total. The summed E-state index contributed by atoms with van der Waals surface area (Å²) in [5.41, 5.74) is 26.5. The van der Waals surface area contributed by atoms with Gasteiger partial charge in [0.05, 0.1) is 70.4 Å². The van der Waals surface area contributed by atoms with Crippen LogP contribution < -0.4 is 60.8 Å². The van der Waals surface area contributed by atoms with Crippen LogP contribution in [0.4, 0.5) is 0 Å². The summed E-state index contributed by atoms with van der Waals surface area (Å²) in [6.07, 6.45) is -19.6. The van der Waals surface area contributed by atoms with E-state index in [1.165, 1.54) is 84.0 Å². The molecule has 8 aliphatic rings. The first-order valence-corrected chi connectivity index (χ1v) is 41.6. The summed E-state index contributed by atoms with van der Waals surface area (Å²) in [6, 6.07) is -1.49. The minimum atomic E-state index is -3.02. The molecule has 120 heavy (non-hydrogen) atoms. The molecule has 4 aromatic carbocycles. The monoisotopic (exact) mass is 1700 g/mol. The third-order valence-corrected chi connectivity index (χ3v) is 21.6. The van der Waals surface area contributed by atoms with Gasteiger partial charge in [-0.05, 0) is 192 Å². The number of rotatable bonds is 28. The van der Waals surface area contributed by atoms with Crippen LogP contribution in [0.15, 0.2) is 48.5 Å². The average molecular weight is 1700 g/mol. The van der Waals surface area contributed by atoms with Crippen LogP contribution in [-0.4, -0.2) is 201 Å². The highest BCUT2D eigenvalue weighted by molar-refractivity contribution is 5.77. The van der Waals surface area contributed by atoms with E-state index in [9.17, 15) is 41.1 Å². The van der Waals surface area contributed by atoms with Crippen molar-refractivity contribution in [1.29, 1.82) is 0 Å². The van der Waals surface area contributed by atoms with Gasteiger partial charge in [-0.3, -0.25) is 38.8 Å². The summed E-state index contributed by atoms with van der Waals surface area (Å²) < 4.78 is 332. The van der Waals surface area contributed by atoms with Crippen molar-refractivity contribution < 1.29 is 117 Å². The topological polar surface area (TPSA) is 296 Å². The number of esters is 4. The van der Waals surface area contributed by atoms with Crippen molar-refractivity contribution in [3.05, 3.63) is 93.0 Å². The zero-order valence-electron chi connectivity index (χ0n) is 104. The van der Waals surface area contributed by atoms with Crippen LogP contribution in [0.5, 0.6) is 46.0 Å². The Morgan fingerprint density at radius 1 is 0.350 bits per heavy atom. The molecular formula is C96H152N8O16. The lowest BCUT2D eigenvalue weighted by Gasteiger charge is -2.47. The molecule has 0 aromatic heterocycles. The average Bonchev–Trinajstić information content (AvgIpc) is 0.686. The third-order valence-electron chi connectivity index (χ3n) is 21.6. The zero-order chi connectivity index (χ0) is 115. The highest BCUT2D eigenvalue weighted by Crippen LogP contribution is 2.50. The molecule has 8 aliphatic heterocycles. The van der Waals surface area contributed by atoms with Gasteiger partial charge in [-0.15, -0.1) is 0 Å². The van der Waals surface area contributed by atoms with E-state index in [0.29, 0.717) is 46.6 Å². The van der Waals surface area contributed by atoms with Gasteiger partial charge in [-0.1, -0.05) is 111 Å². The molecule has 12 unspecified atom stereocenters. The summed E-state index contributed by atoms with van der Waals surface area (Å²) in [4.78, 5) is 56.5. The SMILES string of the molecule is [2H]C([2H])([2H])Oc1cc2c(cc1OC)C1([2H])N(CC2)C([2H])([2H])C([2H])(CC(C)C)C(OC(=O)[C@@H](N)C(C)C)C1([2H])[2H].[2H]C([2H])([2H])Oc1cc2c(cc1OC)C1N(CC2)C([2H])([2H])C([2H])(CC(C)C)C([2H])(OC(=O)[C@@H](N)C(C)C)C1([2H])[2H].[2H]C1([2H])C(OC(=O)[C@@H](N)C(C)C)C([2H])(CC(C)C)C([2H])([2H])N2CCc3cc(OC)c(OC)cc3C21[2H].[2H]C1([2H])C(OC(=O)[C@@H](N)C(C)C)C([2H])(CC(C)C)C([2H])([2H])N2CCc3cc(OC)c(OC)cc3C21[2H]. The lowest BCUT2D eigenvalue weighted by molar-refractivity contribution is -0.161. The maximum Gasteiger partial charge on any atom is 0.323 e. The molecule has 24 heteroatoms. The van der Waals surface area contributed by atoms with E-state index in [1.807, 2.05) is 0 Å². The molecule has 0 amide bonds. The maximum atomic E-state index is 13.1. The van der Waals surface area contributed by atoms with Crippen molar-refractivity contribution in [2.75, 3.05) is 109 Å². The molecule has 8 N–H and O–H groups in total. The van der Waals surface area contributed by atoms with Crippen LogP contribution in [0, 0.1) is 70.9 Å². The highest BCUT2D eigenvalue weighted by atomic mass is 16.6. The number of ether oxygens (including phenoxy) is 12.